The van der Waals surface area contributed by atoms with Crippen LogP contribution >= 0.6 is 0 Å². The summed E-state index contributed by atoms with van der Waals surface area (Å²) in [5.41, 5.74) is 5.21. The molecule has 5 aliphatic rings. The second-order valence-electron chi connectivity index (χ2n) is 15.1. The Kier molecular flexibility index (Phi) is 7.69. The van der Waals surface area contributed by atoms with Gasteiger partial charge in [-0.15, -0.1) is 0 Å². The van der Waals surface area contributed by atoms with Gasteiger partial charge in [-0.3, -0.25) is 9.59 Å². The summed E-state index contributed by atoms with van der Waals surface area (Å²) < 4.78 is 41.6. The van der Waals surface area contributed by atoms with Gasteiger partial charge in [-0.2, -0.15) is 0 Å². The van der Waals surface area contributed by atoms with Gasteiger partial charge in [-0.05, 0) is 87.5 Å². The topological polar surface area (TPSA) is 110 Å². The Labute approximate surface area is 282 Å². The predicted molar refractivity (Wildman–Crippen MR) is 184 cm³/mol. The van der Waals surface area contributed by atoms with Crippen molar-refractivity contribution < 1.29 is 27.5 Å². The van der Waals surface area contributed by atoms with E-state index in [1.165, 1.54) is 24.8 Å². The van der Waals surface area contributed by atoms with Gasteiger partial charge in [0.2, 0.25) is 15.9 Å². The number of aromatic nitrogens is 1. The van der Waals surface area contributed by atoms with Gasteiger partial charge >= 0.3 is 0 Å². The molecule has 4 heterocycles. The van der Waals surface area contributed by atoms with E-state index in [-0.39, 0.29) is 23.9 Å². The minimum absolute atomic E-state index is 0.00976. The maximum atomic E-state index is 15.1. The number of amides is 2. The van der Waals surface area contributed by atoms with E-state index in [4.69, 9.17) is 9.47 Å². The molecular weight excluding hydrogens is 628 g/mol. The molecule has 4 atom stereocenters. The highest BCUT2D eigenvalue weighted by atomic mass is 32.2. The summed E-state index contributed by atoms with van der Waals surface area (Å²) in [6.45, 7) is 6.26. The number of rotatable bonds is 6. The SMILES string of the molecule is COc1ccc2c(c1)C1CC1(C(=O)N1C3COCC1CN(C)C3)Cn1c-2c(C2CCCCC2)c2ccc(C(=O)NS(=O)(=O)C(C)C)cc21. The second-order valence-corrected chi connectivity index (χ2v) is 17.3. The monoisotopic (exact) mass is 674 g/mol. The fourth-order valence-corrected chi connectivity index (χ4v) is 9.80. The van der Waals surface area contributed by atoms with E-state index < -0.39 is 26.6 Å². The third-order valence-corrected chi connectivity index (χ3v) is 13.5. The average molecular weight is 675 g/mol. The van der Waals surface area contributed by atoms with Crippen molar-refractivity contribution in [3.05, 3.63) is 53.1 Å². The maximum Gasteiger partial charge on any atom is 0.264 e. The molecule has 10 nitrogen and oxygen atoms in total. The molecule has 4 unspecified atom stereocenters. The van der Waals surface area contributed by atoms with E-state index in [0.717, 1.165) is 65.8 Å². The molecule has 3 aromatic rings. The van der Waals surface area contributed by atoms with Gasteiger partial charge in [0, 0.05) is 47.6 Å². The summed E-state index contributed by atoms with van der Waals surface area (Å²) in [5, 5.41) is 0.340. The molecule has 11 heteroatoms. The van der Waals surface area contributed by atoms with Crippen molar-refractivity contribution in [1.29, 1.82) is 0 Å². The first kappa shape index (κ1) is 31.8. The number of likely N-dealkylation sites (N-methyl/N-ethyl adjacent to an activating group) is 1. The molecule has 0 radical (unpaired) electrons. The first-order valence-electron chi connectivity index (χ1n) is 17.5. The van der Waals surface area contributed by atoms with Crippen LogP contribution in [-0.4, -0.2) is 92.4 Å². The number of benzene rings is 2. The lowest BCUT2D eigenvalue weighted by atomic mass is 9.81. The number of piperazine rings is 1. The Morgan fingerprint density at radius 1 is 1.02 bits per heavy atom. The molecule has 4 fully saturated rings. The van der Waals surface area contributed by atoms with Crippen LogP contribution in [0.3, 0.4) is 0 Å². The summed E-state index contributed by atoms with van der Waals surface area (Å²) >= 11 is 0. The van der Waals surface area contributed by atoms with Crippen molar-refractivity contribution in [3.63, 3.8) is 0 Å². The largest absolute Gasteiger partial charge is 0.497 e. The number of nitrogens with one attached hydrogen (secondary N) is 1. The zero-order valence-corrected chi connectivity index (χ0v) is 29.1. The molecule has 2 aromatic carbocycles. The van der Waals surface area contributed by atoms with E-state index in [0.29, 0.717) is 31.2 Å². The number of carbonyl (C=O) groups excluding carboxylic acids is 2. The molecule has 2 aliphatic carbocycles. The lowest BCUT2D eigenvalue weighted by Crippen LogP contribution is -2.66. The summed E-state index contributed by atoms with van der Waals surface area (Å²) in [7, 11) is -0.00776. The van der Waals surface area contributed by atoms with Gasteiger partial charge in [0.05, 0.1) is 48.8 Å². The first-order valence-corrected chi connectivity index (χ1v) is 19.1. The van der Waals surface area contributed by atoms with Gasteiger partial charge in [0.1, 0.15) is 5.75 Å². The molecule has 1 N–H and O–H groups in total. The van der Waals surface area contributed by atoms with Gasteiger partial charge in [0.15, 0.2) is 0 Å². The molecule has 1 aromatic heterocycles. The van der Waals surface area contributed by atoms with Crippen LogP contribution in [0.15, 0.2) is 36.4 Å². The van der Waals surface area contributed by atoms with E-state index in [1.807, 2.05) is 18.2 Å². The molecule has 48 heavy (non-hydrogen) atoms. The molecule has 2 amide bonds. The third kappa shape index (κ3) is 4.98. The number of fused-ring (bicyclic) bond motifs is 9. The molecule has 8 rings (SSSR count). The normalized spacial score (nSPS) is 27.2. The lowest BCUT2D eigenvalue weighted by Gasteiger charge is -2.50. The van der Waals surface area contributed by atoms with Crippen LogP contribution < -0.4 is 9.46 Å². The number of methoxy groups -OCH3 is 1. The van der Waals surface area contributed by atoms with Gasteiger partial charge in [0.25, 0.3) is 5.91 Å². The van der Waals surface area contributed by atoms with E-state index in [2.05, 4.69) is 38.3 Å². The van der Waals surface area contributed by atoms with Crippen LogP contribution in [0.2, 0.25) is 0 Å². The molecule has 256 valence electrons. The van der Waals surface area contributed by atoms with Crippen LogP contribution in [0.25, 0.3) is 22.2 Å². The van der Waals surface area contributed by atoms with E-state index in [9.17, 15) is 13.2 Å². The molecular formula is C37H46N4O6S. The van der Waals surface area contributed by atoms with Crippen molar-refractivity contribution >= 4 is 32.7 Å². The highest BCUT2D eigenvalue weighted by Crippen LogP contribution is 2.66. The van der Waals surface area contributed by atoms with Crippen LogP contribution in [0, 0.1) is 5.41 Å². The van der Waals surface area contributed by atoms with E-state index >= 15 is 4.79 Å². The highest BCUT2D eigenvalue weighted by Gasteiger charge is 2.65. The van der Waals surface area contributed by atoms with Crippen LogP contribution in [0.5, 0.6) is 5.75 Å². The molecule has 3 aliphatic heterocycles. The first-order chi connectivity index (χ1) is 23.0. The summed E-state index contributed by atoms with van der Waals surface area (Å²) in [6.07, 6.45) is 6.47. The van der Waals surface area contributed by atoms with Crippen LogP contribution in [0.4, 0.5) is 0 Å². The van der Waals surface area contributed by atoms with Crippen molar-refractivity contribution in [1.82, 2.24) is 19.1 Å². The zero-order chi connectivity index (χ0) is 33.5. The van der Waals surface area contributed by atoms with Crippen molar-refractivity contribution in [2.75, 3.05) is 40.5 Å². The predicted octanol–water partition coefficient (Wildman–Crippen LogP) is 4.86. The molecule has 0 spiro atoms. The fourth-order valence-electron chi connectivity index (χ4n) is 9.19. The number of nitrogens with zero attached hydrogens (tertiary/aromatic N) is 3. The number of carbonyl (C=O) groups is 2. The number of ether oxygens (including phenoxy) is 2. The van der Waals surface area contributed by atoms with E-state index in [1.54, 1.807) is 27.0 Å². The summed E-state index contributed by atoms with van der Waals surface area (Å²) in [6, 6.07) is 11.9. The summed E-state index contributed by atoms with van der Waals surface area (Å²) in [4.78, 5) is 33.0. The molecule has 2 bridgehead atoms. The van der Waals surface area contributed by atoms with Gasteiger partial charge in [-0.1, -0.05) is 25.3 Å². The van der Waals surface area contributed by atoms with Crippen molar-refractivity contribution in [2.45, 2.75) is 88.1 Å². The average Bonchev–Trinajstić information content (AvgIpc) is 3.73. The zero-order valence-electron chi connectivity index (χ0n) is 28.3. The smallest absolute Gasteiger partial charge is 0.264 e. The minimum atomic E-state index is -3.81. The van der Waals surface area contributed by atoms with Crippen LogP contribution in [-0.2, 0) is 26.1 Å². The summed E-state index contributed by atoms with van der Waals surface area (Å²) in [5.74, 6) is 0.718. The Morgan fingerprint density at radius 3 is 2.44 bits per heavy atom. The van der Waals surface area contributed by atoms with Crippen molar-refractivity contribution in [2.24, 2.45) is 5.41 Å². The number of hydrogen-bond acceptors (Lipinski definition) is 7. The standard InChI is InChI=1S/C37H46N4O6S/c1-22(2)48(44,45)38-35(42)24-10-12-29-32(14-24)40-21-37(36(43)41-25-17-39(3)18-26(41)20-47-19-25)16-31(37)30-15-27(46-4)11-13-28(30)34(40)33(29)23-8-6-5-7-9-23/h10-15,22-23,25-26,31H,5-9,16-21H2,1-4H3,(H,38,42). The molecule has 2 saturated heterocycles. The Balaban J connectivity index is 1.32. The van der Waals surface area contributed by atoms with Crippen molar-refractivity contribution in [3.8, 4) is 17.0 Å². The Morgan fingerprint density at radius 2 is 1.75 bits per heavy atom. The highest BCUT2D eigenvalue weighted by molar-refractivity contribution is 7.90. The maximum absolute atomic E-state index is 15.1. The minimum Gasteiger partial charge on any atom is -0.497 e. The third-order valence-electron chi connectivity index (χ3n) is 11.8. The lowest BCUT2D eigenvalue weighted by molar-refractivity contribution is -0.160. The number of hydrogen-bond donors (Lipinski definition) is 1. The second kappa shape index (κ2) is 11.6. The van der Waals surface area contributed by atoms with Gasteiger partial charge < -0.3 is 23.8 Å². The Bertz CT molecular complexity index is 1900. The quantitative estimate of drug-likeness (QED) is 0.398. The number of sulfonamides is 1. The Hall–Kier alpha value is -3.41. The molecule has 2 saturated carbocycles. The van der Waals surface area contributed by atoms with Gasteiger partial charge in [-0.25, -0.2) is 13.1 Å². The fraction of sp³-hybridized carbons (Fsp3) is 0.568. The number of morpholine rings is 1. The van der Waals surface area contributed by atoms with Crippen LogP contribution in [0.1, 0.15) is 85.7 Å².